The van der Waals surface area contributed by atoms with Crippen molar-refractivity contribution < 1.29 is 8.78 Å². The monoisotopic (exact) mass is 295 g/mol. The van der Waals surface area contributed by atoms with E-state index in [9.17, 15) is 8.78 Å². The Morgan fingerprint density at radius 3 is 2.48 bits per heavy atom. The minimum atomic E-state index is -0.535. The predicted molar refractivity (Wildman–Crippen MR) is 81.2 cm³/mol. The number of benzene rings is 1. The van der Waals surface area contributed by atoms with Crippen molar-refractivity contribution in [3.8, 4) is 0 Å². The highest BCUT2D eigenvalue weighted by molar-refractivity contribution is 5.78. The van der Waals surface area contributed by atoms with Crippen molar-refractivity contribution in [2.75, 3.05) is 6.54 Å². The quantitative estimate of drug-likeness (QED) is 0.498. The standard InChI is InChI=1S/C16H23F2N3/c17-13-9-12(10-14(18)11-13)5-4-8-20-16(19)21-15-6-2-1-3-7-15/h9-11,15H,1-8H2,(H3,19,20,21). The van der Waals surface area contributed by atoms with E-state index in [2.05, 4.69) is 10.3 Å². The molecule has 0 bridgehead atoms. The first-order valence-electron chi connectivity index (χ1n) is 7.65. The molecule has 0 heterocycles. The lowest BCUT2D eigenvalue weighted by Crippen LogP contribution is -2.41. The average molecular weight is 295 g/mol. The van der Waals surface area contributed by atoms with Crippen LogP contribution in [0.25, 0.3) is 0 Å². The molecule has 1 saturated carbocycles. The number of hydrogen-bond donors (Lipinski definition) is 2. The van der Waals surface area contributed by atoms with Gasteiger partial charge >= 0.3 is 0 Å². The number of aryl methyl sites for hydroxylation is 1. The molecule has 1 aromatic carbocycles. The van der Waals surface area contributed by atoms with Gasteiger partial charge in [-0.3, -0.25) is 4.99 Å². The molecule has 0 atom stereocenters. The molecule has 1 aliphatic carbocycles. The first kappa shape index (κ1) is 15.7. The summed E-state index contributed by atoms with van der Waals surface area (Å²) in [5.74, 6) is -0.591. The van der Waals surface area contributed by atoms with Crippen LogP contribution in [-0.2, 0) is 6.42 Å². The second kappa shape index (κ2) is 7.96. The van der Waals surface area contributed by atoms with Crippen molar-refractivity contribution in [3.63, 3.8) is 0 Å². The predicted octanol–water partition coefficient (Wildman–Crippen LogP) is 3.13. The molecule has 3 nitrogen and oxygen atoms in total. The Morgan fingerprint density at radius 1 is 1.14 bits per heavy atom. The molecular weight excluding hydrogens is 272 g/mol. The lowest BCUT2D eigenvalue weighted by Gasteiger charge is -2.23. The lowest BCUT2D eigenvalue weighted by atomic mass is 9.96. The molecule has 0 saturated heterocycles. The molecule has 116 valence electrons. The van der Waals surface area contributed by atoms with Crippen molar-refractivity contribution in [2.24, 2.45) is 10.7 Å². The number of nitrogens with two attached hydrogens (primary N) is 1. The Morgan fingerprint density at radius 2 is 1.81 bits per heavy atom. The van der Waals surface area contributed by atoms with Crippen LogP contribution in [0.3, 0.4) is 0 Å². The normalized spacial score (nSPS) is 17.0. The van der Waals surface area contributed by atoms with E-state index < -0.39 is 11.6 Å². The summed E-state index contributed by atoms with van der Waals surface area (Å²) in [7, 11) is 0. The largest absolute Gasteiger partial charge is 0.370 e. The molecule has 1 aliphatic rings. The van der Waals surface area contributed by atoms with Gasteiger partial charge in [-0.05, 0) is 43.4 Å². The summed E-state index contributed by atoms with van der Waals surface area (Å²) in [5.41, 5.74) is 6.51. The number of nitrogens with one attached hydrogen (secondary N) is 1. The molecule has 5 heteroatoms. The summed E-state index contributed by atoms with van der Waals surface area (Å²) in [5, 5.41) is 3.24. The number of nitrogens with zero attached hydrogens (tertiary/aromatic N) is 1. The first-order chi connectivity index (χ1) is 10.1. The van der Waals surface area contributed by atoms with Gasteiger partial charge < -0.3 is 11.1 Å². The second-order valence-corrected chi connectivity index (χ2v) is 5.63. The third-order valence-electron chi connectivity index (χ3n) is 3.79. The van der Waals surface area contributed by atoms with Crippen molar-refractivity contribution >= 4 is 5.96 Å². The number of guanidine groups is 1. The molecule has 0 aromatic heterocycles. The number of aliphatic imine (C=N–C) groups is 1. The van der Waals surface area contributed by atoms with Gasteiger partial charge in [-0.25, -0.2) is 8.78 Å². The zero-order valence-corrected chi connectivity index (χ0v) is 12.2. The summed E-state index contributed by atoms with van der Waals surface area (Å²) in [6.45, 7) is 0.559. The number of halogens is 2. The SMILES string of the molecule is NC(=NCCCc1cc(F)cc(F)c1)NC1CCCCC1. The van der Waals surface area contributed by atoms with Crippen LogP contribution in [0.15, 0.2) is 23.2 Å². The van der Waals surface area contributed by atoms with E-state index in [4.69, 9.17) is 5.73 Å². The maximum atomic E-state index is 13.0. The van der Waals surface area contributed by atoms with Gasteiger partial charge in [0.1, 0.15) is 11.6 Å². The van der Waals surface area contributed by atoms with Gasteiger partial charge in [-0.15, -0.1) is 0 Å². The number of rotatable bonds is 5. The van der Waals surface area contributed by atoms with Gasteiger partial charge in [-0.1, -0.05) is 19.3 Å². The minimum Gasteiger partial charge on any atom is -0.370 e. The first-order valence-corrected chi connectivity index (χ1v) is 7.65. The van der Waals surface area contributed by atoms with E-state index in [1.807, 2.05) is 0 Å². The molecule has 21 heavy (non-hydrogen) atoms. The highest BCUT2D eigenvalue weighted by atomic mass is 19.1. The van der Waals surface area contributed by atoms with E-state index in [1.54, 1.807) is 0 Å². The molecule has 0 amide bonds. The van der Waals surface area contributed by atoms with Crippen LogP contribution in [0.2, 0.25) is 0 Å². The van der Waals surface area contributed by atoms with Crippen LogP contribution in [0.5, 0.6) is 0 Å². The fourth-order valence-electron chi connectivity index (χ4n) is 2.74. The third-order valence-corrected chi connectivity index (χ3v) is 3.79. The van der Waals surface area contributed by atoms with E-state index in [1.165, 1.54) is 31.4 Å². The average Bonchev–Trinajstić information content (AvgIpc) is 2.44. The van der Waals surface area contributed by atoms with Crippen molar-refractivity contribution in [3.05, 3.63) is 35.4 Å². The van der Waals surface area contributed by atoms with Gasteiger partial charge in [0.05, 0.1) is 0 Å². The fourth-order valence-corrected chi connectivity index (χ4v) is 2.74. The topological polar surface area (TPSA) is 50.4 Å². The maximum absolute atomic E-state index is 13.0. The van der Waals surface area contributed by atoms with E-state index in [0.717, 1.165) is 25.3 Å². The molecule has 0 spiro atoms. The van der Waals surface area contributed by atoms with Crippen molar-refractivity contribution in [1.82, 2.24) is 5.32 Å². The Kier molecular flexibility index (Phi) is 5.96. The third kappa shape index (κ3) is 5.69. The lowest BCUT2D eigenvalue weighted by molar-refractivity contribution is 0.412. The van der Waals surface area contributed by atoms with Crippen molar-refractivity contribution in [1.29, 1.82) is 0 Å². The second-order valence-electron chi connectivity index (χ2n) is 5.63. The zero-order valence-electron chi connectivity index (χ0n) is 12.2. The Bertz CT molecular complexity index is 462. The summed E-state index contributed by atoms with van der Waals surface area (Å²) < 4.78 is 26.1. The summed E-state index contributed by atoms with van der Waals surface area (Å²) >= 11 is 0. The van der Waals surface area contributed by atoms with Crippen molar-refractivity contribution in [2.45, 2.75) is 51.0 Å². The van der Waals surface area contributed by atoms with Gasteiger partial charge in [0.2, 0.25) is 0 Å². The summed E-state index contributed by atoms with van der Waals surface area (Å²) in [6, 6.07) is 4.04. The molecule has 0 aliphatic heterocycles. The Hall–Kier alpha value is -1.65. The molecule has 1 aromatic rings. The molecule has 1 fully saturated rings. The molecule has 0 radical (unpaired) electrons. The van der Waals surface area contributed by atoms with Gasteiger partial charge in [0.25, 0.3) is 0 Å². The Balaban J connectivity index is 1.71. The van der Waals surface area contributed by atoms with E-state index in [0.29, 0.717) is 30.5 Å². The fraction of sp³-hybridized carbons (Fsp3) is 0.562. The van der Waals surface area contributed by atoms with Crippen LogP contribution in [0, 0.1) is 11.6 Å². The van der Waals surface area contributed by atoms with Crippen LogP contribution in [0.4, 0.5) is 8.78 Å². The van der Waals surface area contributed by atoms with E-state index >= 15 is 0 Å². The van der Waals surface area contributed by atoms with Gasteiger partial charge in [0, 0.05) is 18.7 Å². The molecule has 3 N–H and O–H groups in total. The van der Waals surface area contributed by atoms with E-state index in [-0.39, 0.29) is 0 Å². The van der Waals surface area contributed by atoms with Crippen LogP contribution in [-0.4, -0.2) is 18.5 Å². The number of hydrogen-bond acceptors (Lipinski definition) is 1. The highest BCUT2D eigenvalue weighted by Gasteiger charge is 2.13. The zero-order chi connectivity index (χ0) is 15.1. The van der Waals surface area contributed by atoms with Gasteiger partial charge in [0.15, 0.2) is 5.96 Å². The highest BCUT2D eigenvalue weighted by Crippen LogP contribution is 2.17. The minimum absolute atomic E-state index is 0.444. The Labute approximate surface area is 124 Å². The molecule has 0 unspecified atom stereocenters. The van der Waals surface area contributed by atoms with Crippen LogP contribution in [0.1, 0.15) is 44.1 Å². The maximum Gasteiger partial charge on any atom is 0.188 e. The van der Waals surface area contributed by atoms with Crippen LogP contribution < -0.4 is 11.1 Å². The molecule has 2 rings (SSSR count). The summed E-state index contributed by atoms with van der Waals surface area (Å²) in [4.78, 5) is 4.27. The van der Waals surface area contributed by atoms with Gasteiger partial charge in [-0.2, -0.15) is 0 Å². The summed E-state index contributed by atoms with van der Waals surface area (Å²) in [6.07, 6.45) is 7.41. The molecular formula is C16H23F2N3. The van der Waals surface area contributed by atoms with Crippen LogP contribution >= 0.6 is 0 Å². The smallest absolute Gasteiger partial charge is 0.188 e.